The molecule has 0 unspecified atom stereocenters. The van der Waals surface area contributed by atoms with E-state index in [0.717, 1.165) is 11.4 Å². The fraction of sp³-hybridized carbons (Fsp3) is 0.143. The topological polar surface area (TPSA) is 74.7 Å². The largest absolute Gasteiger partial charge is 0.409 e. The number of amidine groups is 1. The van der Waals surface area contributed by atoms with Crippen LogP contribution in [-0.4, -0.2) is 23.1 Å². The maximum Gasteiger partial charge on any atom is 0.170 e. The minimum atomic E-state index is 0.0635. The molecule has 0 amide bonds. The van der Waals surface area contributed by atoms with Crippen LogP contribution in [0.3, 0.4) is 0 Å². The molecule has 1 aromatic heterocycles. The van der Waals surface area contributed by atoms with Gasteiger partial charge in [0.05, 0.1) is 0 Å². The smallest absolute Gasteiger partial charge is 0.170 e. The van der Waals surface area contributed by atoms with Gasteiger partial charge in [-0.2, -0.15) is 0 Å². The number of nitrogens with two attached hydrogens (primary N) is 1. The fourth-order valence-corrected chi connectivity index (χ4v) is 1.91. The van der Waals surface area contributed by atoms with E-state index in [1.807, 2.05) is 36.2 Å². The SMILES string of the molecule is CN(Cc1ccc(Cl)cc1)c1cc(C(N)=NO)ccn1. The number of aromatic nitrogens is 1. The average Bonchev–Trinajstić information content (AvgIpc) is 2.49. The zero-order valence-electron chi connectivity index (χ0n) is 11.0. The van der Waals surface area contributed by atoms with E-state index in [0.29, 0.717) is 17.1 Å². The molecule has 0 bridgehead atoms. The zero-order chi connectivity index (χ0) is 14.5. The summed E-state index contributed by atoms with van der Waals surface area (Å²) in [6.07, 6.45) is 1.63. The van der Waals surface area contributed by atoms with Crippen LogP contribution in [0, 0.1) is 0 Å². The van der Waals surface area contributed by atoms with Gasteiger partial charge in [-0.3, -0.25) is 0 Å². The van der Waals surface area contributed by atoms with Crippen LogP contribution in [0.4, 0.5) is 5.82 Å². The molecule has 2 aromatic rings. The van der Waals surface area contributed by atoms with Gasteiger partial charge in [-0.25, -0.2) is 4.98 Å². The Bertz CT molecular complexity index is 613. The summed E-state index contributed by atoms with van der Waals surface area (Å²) in [5.41, 5.74) is 7.32. The maximum absolute atomic E-state index is 8.70. The number of rotatable bonds is 4. The molecule has 104 valence electrons. The molecule has 0 spiro atoms. The maximum atomic E-state index is 8.70. The van der Waals surface area contributed by atoms with Gasteiger partial charge in [0.2, 0.25) is 0 Å². The Morgan fingerprint density at radius 3 is 2.70 bits per heavy atom. The van der Waals surface area contributed by atoms with Gasteiger partial charge in [0.1, 0.15) is 5.82 Å². The first kappa shape index (κ1) is 14.1. The van der Waals surface area contributed by atoms with Crippen LogP contribution in [0.5, 0.6) is 0 Å². The van der Waals surface area contributed by atoms with Crippen molar-refractivity contribution in [3.63, 3.8) is 0 Å². The number of anilines is 1. The number of halogens is 1. The van der Waals surface area contributed by atoms with E-state index in [2.05, 4.69) is 10.1 Å². The summed E-state index contributed by atoms with van der Waals surface area (Å²) in [6.45, 7) is 0.684. The van der Waals surface area contributed by atoms with E-state index in [9.17, 15) is 0 Å². The highest BCUT2D eigenvalue weighted by Crippen LogP contribution is 2.16. The molecule has 6 heteroatoms. The molecule has 3 N–H and O–H groups in total. The van der Waals surface area contributed by atoms with Crippen molar-refractivity contribution in [2.45, 2.75) is 6.54 Å². The minimum absolute atomic E-state index is 0.0635. The van der Waals surface area contributed by atoms with Crippen LogP contribution >= 0.6 is 11.6 Å². The second-order valence-corrected chi connectivity index (χ2v) is 4.81. The lowest BCUT2D eigenvalue weighted by atomic mass is 10.2. The Kier molecular flexibility index (Phi) is 4.42. The molecular weight excluding hydrogens is 276 g/mol. The first-order chi connectivity index (χ1) is 9.60. The van der Waals surface area contributed by atoms with Gasteiger partial charge in [0.15, 0.2) is 5.84 Å². The number of hydrogen-bond acceptors (Lipinski definition) is 4. The molecule has 5 nitrogen and oxygen atoms in total. The zero-order valence-corrected chi connectivity index (χ0v) is 11.7. The lowest BCUT2D eigenvalue weighted by Crippen LogP contribution is -2.19. The predicted octanol–water partition coefficient (Wildman–Crippen LogP) is 2.47. The second kappa shape index (κ2) is 6.25. The number of hydrogen-bond donors (Lipinski definition) is 2. The van der Waals surface area contributed by atoms with Gasteiger partial charge in [-0.15, -0.1) is 0 Å². The average molecular weight is 291 g/mol. The third kappa shape index (κ3) is 3.39. The van der Waals surface area contributed by atoms with E-state index in [4.69, 9.17) is 22.5 Å². The van der Waals surface area contributed by atoms with Crippen LogP contribution in [0.1, 0.15) is 11.1 Å². The van der Waals surface area contributed by atoms with Crippen molar-refractivity contribution in [2.24, 2.45) is 10.9 Å². The molecule has 20 heavy (non-hydrogen) atoms. The number of oxime groups is 1. The summed E-state index contributed by atoms with van der Waals surface area (Å²) in [4.78, 5) is 6.25. The summed E-state index contributed by atoms with van der Waals surface area (Å²) in [7, 11) is 1.92. The Balaban J connectivity index is 2.16. The Hall–Kier alpha value is -2.27. The van der Waals surface area contributed by atoms with E-state index < -0.39 is 0 Å². The van der Waals surface area contributed by atoms with Crippen molar-refractivity contribution in [3.05, 3.63) is 58.7 Å². The number of nitrogens with zero attached hydrogens (tertiary/aromatic N) is 3. The summed E-state index contributed by atoms with van der Waals surface area (Å²) in [5, 5.41) is 12.4. The molecule has 0 saturated carbocycles. The van der Waals surface area contributed by atoms with Crippen molar-refractivity contribution < 1.29 is 5.21 Å². The molecule has 0 radical (unpaired) electrons. The number of pyridine rings is 1. The summed E-state index contributed by atoms with van der Waals surface area (Å²) in [5.74, 6) is 0.803. The molecule has 1 aromatic carbocycles. The van der Waals surface area contributed by atoms with E-state index in [-0.39, 0.29) is 5.84 Å². The highest BCUT2D eigenvalue weighted by atomic mass is 35.5. The fourth-order valence-electron chi connectivity index (χ4n) is 1.79. The molecule has 2 rings (SSSR count). The van der Waals surface area contributed by atoms with Gasteiger partial charge in [0.25, 0.3) is 0 Å². The van der Waals surface area contributed by atoms with Crippen molar-refractivity contribution in [3.8, 4) is 0 Å². The van der Waals surface area contributed by atoms with Gasteiger partial charge in [0, 0.05) is 30.4 Å². The number of benzene rings is 1. The molecule has 0 atom stereocenters. The van der Waals surface area contributed by atoms with Crippen LogP contribution < -0.4 is 10.6 Å². The van der Waals surface area contributed by atoms with Crippen LogP contribution in [0.25, 0.3) is 0 Å². The van der Waals surface area contributed by atoms with Gasteiger partial charge >= 0.3 is 0 Å². The van der Waals surface area contributed by atoms with Gasteiger partial charge in [-0.05, 0) is 29.8 Å². The standard InChI is InChI=1S/C14H15ClN4O/c1-19(9-10-2-4-12(15)5-3-10)13-8-11(6-7-17-13)14(16)18-20/h2-8,20H,9H2,1H3,(H2,16,18). The minimum Gasteiger partial charge on any atom is -0.409 e. The van der Waals surface area contributed by atoms with Gasteiger partial charge < -0.3 is 15.8 Å². The molecule has 0 fully saturated rings. The Labute approximate surface area is 122 Å². The van der Waals surface area contributed by atoms with E-state index in [1.54, 1.807) is 18.3 Å². The molecule has 1 heterocycles. The van der Waals surface area contributed by atoms with Crippen LogP contribution in [-0.2, 0) is 6.54 Å². The first-order valence-corrected chi connectivity index (χ1v) is 6.37. The Morgan fingerprint density at radius 1 is 1.35 bits per heavy atom. The van der Waals surface area contributed by atoms with Crippen molar-refractivity contribution in [2.75, 3.05) is 11.9 Å². The van der Waals surface area contributed by atoms with Crippen LogP contribution in [0.15, 0.2) is 47.8 Å². The Morgan fingerprint density at radius 2 is 2.05 bits per heavy atom. The summed E-state index contributed by atoms with van der Waals surface area (Å²) in [6, 6.07) is 11.1. The lowest BCUT2D eigenvalue weighted by Gasteiger charge is -2.18. The lowest BCUT2D eigenvalue weighted by molar-refractivity contribution is 0.318. The van der Waals surface area contributed by atoms with Gasteiger partial charge in [-0.1, -0.05) is 28.9 Å². The van der Waals surface area contributed by atoms with Crippen molar-refractivity contribution in [1.82, 2.24) is 4.98 Å². The first-order valence-electron chi connectivity index (χ1n) is 5.99. The monoisotopic (exact) mass is 290 g/mol. The molecule has 0 aliphatic carbocycles. The van der Waals surface area contributed by atoms with Crippen molar-refractivity contribution >= 4 is 23.3 Å². The molecular formula is C14H15ClN4O. The normalized spacial score (nSPS) is 11.4. The highest BCUT2D eigenvalue weighted by molar-refractivity contribution is 6.30. The second-order valence-electron chi connectivity index (χ2n) is 4.37. The summed E-state index contributed by atoms with van der Waals surface area (Å²) < 4.78 is 0. The third-order valence-electron chi connectivity index (χ3n) is 2.87. The quantitative estimate of drug-likeness (QED) is 0.393. The predicted molar refractivity (Wildman–Crippen MR) is 80.3 cm³/mol. The molecule has 0 aliphatic heterocycles. The van der Waals surface area contributed by atoms with E-state index in [1.165, 1.54) is 0 Å². The molecule has 0 saturated heterocycles. The van der Waals surface area contributed by atoms with Crippen LogP contribution in [0.2, 0.25) is 5.02 Å². The molecule has 0 aliphatic rings. The highest BCUT2D eigenvalue weighted by Gasteiger charge is 2.06. The van der Waals surface area contributed by atoms with E-state index >= 15 is 0 Å². The summed E-state index contributed by atoms with van der Waals surface area (Å²) >= 11 is 5.86. The third-order valence-corrected chi connectivity index (χ3v) is 3.13. The van der Waals surface area contributed by atoms with Crippen molar-refractivity contribution in [1.29, 1.82) is 0 Å².